The summed E-state index contributed by atoms with van der Waals surface area (Å²) in [6.07, 6.45) is 1.74. The Bertz CT molecular complexity index is 913. The van der Waals surface area contributed by atoms with Crippen molar-refractivity contribution in [2.24, 2.45) is 0 Å². The molecule has 2 aromatic rings. The van der Waals surface area contributed by atoms with Gasteiger partial charge < -0.3 is 14.8 Å². The molecule has 8 heteroatoms. The standard InChI is InChI=1S/C21H28N2O5S/c1-16(17-11-13-18(27-2)14-12-17)22-21(24)10-7-15-23(29(4,25)26)19-8-5-6-9-20(19)28-3/h5-6,8-9,11-14,16H,7,10,15H2,1-4H3,(H,22,24). The molecule has 0 aliphatic carbocycles. The molecule has 2 aromatic carbocycles. The third-order valence-corrected chi connectivity index (χ3v) is 5.69. The van der Waals surface area contributed by atoms with Crippen molar-refractivity contribution in [2.75, 3.05) is 31.3 Å². The fraction of sp³-hybridized carbons (Fsp3) is 0.381. The minimum atomic E-state index is -3.51. The van der Waals surface area contributed by atoms with Crippen LogP contribution in [-0.2, 0) is 14.8 Å². The molecule has 0 saturated carbocycles. The second-order valence-electron chi connectivity index (χ2n) is 6.67. The lowest BCUT2D eigenvalue weighted by atomic mass is 10.1. The van der Waals surface area contributed by atoms with Crippen LogP contribution in [0.2, 0.25) is 0 Å². The Labute approximate surface area is 172 Å². The van der Waals surface area contributed by atoms with E-state index in [1.165, 1.54) is 11.4 Å². The smallest absolute Gasteiger partial charge is 0.232 e. The summed E-state index contributed by atoms with van der Waals surface area (Å²) in [5.74, 6) is 1.08. The quantitative estimate of drug-likeness (QED) is 0.638. The van der Waals surface area contributed by atoms with Crippen LogP contribution >= 0.6 is 0 Å². The average molecular weight is 421 g/mol. The third-order valence-electron chi connectivity index (χ3n) is 4.51. The minimum absolute atomic E-state index is 0.137. The van der Waals surface area contributed by atoms with Crippen LogP contribution in [0.15, 0.2) is 48.5 Å². The second-order valence-corrected chi connectivity index (χ2v) is 8.58. The molecule has 7 nitrogen and oxygen atoms in total. The predicted molar refractivity (Wildman–Crippen MR) is 114 cm³/mol. The Hall–Kier alpha value is -2.74. The van der Waals surface area contributed by atoms with Gasteiger partial charge in [0.2, 0.25) is 15.9 Å². The number of anilines is 1. The molecule has 29 heavy (non-hydrogen) atoms. The highest BCUT2D eigenvalue weighted by atomic mass is 32.2. The maximum absolute atomic E-state index is 12.3. The van der Waals surface area contributed by atoms with Crippen LogP contribution in [0, 0.1) is 0 Å². The van der Waals surface area contributed by atoms with Crippen LogP contribution in [0.3, 0.4) is 0 Å². The Morgan fingerprint density at radius 1 is 1.07 bits per heavy atom. The van der Waals surface area contributed by atoms with Crippen LogP contribution in [0.1, 0.15) is 31.4 Å². The SMILES string of the molecule is COc1ccc(C(C)NC(=O)CCCN(c2ccccc2OC)S(C)(=O)=O)cc1. The van der Waals surface area contributed by atoms with E-state index >= 15 is 0 Å². The Kier molecular flexibility index (Phi) is 7.90. The molecular weight excluding hydrogens is 392 g/mol. The summed E-state index contributed by atoms with van der Waals surface area (Å²) in [7, 11) is -0.416. The number of nitrogens with one attached hydrogen (secondary N) is 1. The number of hydrogen-bond acceptors (Lipinski definition) is 5. The number of rotatable bonds is 10. The van der Waals surface area contributed by atoms with Crippen molar-refractivity contribution in [2.45, 2.75) is 25.8 Å². The highest BCUT2D eigenvalue weighted by Gasteiger charge is 2.21. The number of sulfonamides is 1. The predicted octanol–water partition coefficient (Wildman–Crippen LogP) is 3.13. The van der Waals surface area contributed by atoms with Crippen molar-refractivity contribution in [3.05, 3.63) is 54.1 Å². The zero-order chi connectivity index (χ0) is 21.4. The first-order valence-corrected chi connectivity index (χ1v) is 11.1. The summed E-state index contributed by atoms with van der Waals surface area (Å²) in [4.78, 5) is 12.3. The number of carbonyl (C=O) groups excluding carboxylic acids is 1. The lowest BCUT2D eigenvalue weighted by Gasteiger charge is -2.24. The van der Waals surface area contributed by atoms with Gasteiger partial charge in [-0.3, -0.25) is 9.10 Å². The molecule has 0 aromatic heterocycles. The Morgan fingerprint density at radius 2 is 1.72 bits per heavy atom. The number of hydrogen-bond donors (Lipinski definition) is 1. The molecule has 1 atom stereocenters. The van der Waals surface area contributed by atoms with E-state index in [2.05, 4.69) is 5.32 Å². The van der Waals surface area contributed by atoms with Crippen LogP contribution in [0.25, 0.3) is 0 Å². The van der Waals surface area contributed by atoms with Gasteiger partial charge in [0.1, 0.15) is 11.5 Å². The van der Waals surface area contributed by atoms with Gasteiger partial charge in [0, 0.05) is 13.0 Å². The number of nitrogens with zero attached hydrogens (tertiary/aromatic N) is 1. The summed E-state index contributed by atoms with van der Waals surface area (Å²) >= 11 is 0. The molecule has 0 saturated heterocycles. The van der Waals surface area contributed by atoms with E-state index in [1.54, 1.807) is 31.4 Å². The zero-order valence-electron chi connectivity index (χ0n) is 17.2. The first-order chi connectivity index (χ1) is 13.8. The summed E-state index contributed by atoms with van der Waals surface area (Å²) in [6.45, 7) is 2.08. The summed E-state index contributed by atoms with van der Waals surface area (Å²) < 4.78 is 36.2. The van der Waals surface area contributed by atoms with E-state index in [0.29, 0.717) is 17.9 Å². The first kappa shape index (κ1) is 22.5. The number of benzene rings is 2. The van der Waals surface area contributed by atoms with E-state index in [9.17, 15) is 13.2 Å². The third kappa shape index (κ3) is 6.39. The fourth-order valence-corrected chi connectivity index (χ4v) is 3.94. The van der Waals surface area contributed by atoms with Gasteiger partial charge in [0.15, 0.2) is 0 Å². The fourth-order valence-electron chi connectivity index (χ4n) is 2.97. The second kappa shape index (κ2) is 10.2. The lowest BCUT2D eigenvalue weighted by molar-refractivity contribution is -0.121. The largest absolute Gasteiger partial charge is 0.497 e. The van der Waals surface area contributed by atoms with Crippen LogP contribution < -0.4 is 19.1 Å². The van der Waals surface area contributed by atoms with Crippen molar-refractivity contribution in [1.82, 2.24) is 5.32 Å². The molecule has 0 aliphatic rings. The number of carbonyl (C=O) groups is 1. The summed E-state index contributed by atoms with van der Waals surface area (Å²) in [5.41, 5.74) is 1.43. The molecule has 0 heterocycles. The number of para-hydroxylation sites is 2. The zero-order valence-corrected chi connectivity index (χ0v) is 18.0. The maximum atomic E-state index is 12.3. The molecule has 0 fully saturated rings. The number of amides is 1. The van der Waals surface area contributed by atoms with Crippen molar-refractivity contribution in [3.8, 4) is 11.5 Å². The molecule has 1 amide bonds. The Morgan fingerprint density at radius 3 is 2.31 bits per heavy atom. The highest BCUT2D eigenvalue weighted by molar-refractivity contribution is 7.92. The molecule has 2 rings (SSSR count). The van der Waals surface area contributed by atoms with E-state index in [0.717, 1.165) is 17.6 Å². The highest BCUT2D eigenvalue weighted by Crippen LogP contribution is 2.29. The van der Waals surface area contributed by atoms with Crippen molar-refractivity contribution in [3.63, 3.8) is 0 Å². The van der Waals surface area contributed by atoms with E-state index < -0.39 is 10.0 Å². The molecule has 158 valence electrons. The summed E-state index contributed by atoms with van der Waals surface area (Å²) in [5, 5.41) is 2.94. The molecule has 0 radical (unpaired) electrons. The van der Waals surface area contributed by atoms with Gasteiger partial charge in [-0.1, -0.05) is 24.3 Å². The first-order valence-electron chi connectivity index (χ1n) is 9.30. The minimum Gasteiger partial charge on any atom is -0.497 e. The molecule has 0 spiro atoms. The number of ether oxygens (including phenoxy) is 2. The molecule has 1 N–H and O–H groups in total. The van der Waals surface area contributed by atoms with Gasteiger partial charge in [-0.15, -0.1) is 0 Å². The van der Waals surface area contributed by atoms with Crippen LogP contribution in [0.5, 0.6) is 11.5 Å². The van der Waals surface area contributed by atoms with E-state index in [-0.39, 0.29) is 24.9 Å². The van der Waals surface area contributed by atoms with Gasteiger partial charge in [-0.25, -0.2) is 8.42 Å². The molecule has 1 unspecified atom stereocenters. The molecule has 0 aliphatic heterocycles. The Balaban J connectivity index is 1.95. The van der Waals surface area contributed by atoms with Crippen molar-refractivity contribution in [1.29, 1.82) is 0 Å². The topological polar surface area (TPSA) is 84.9 Å². The summed E-state index contributed by atoms with van der Waals surface area (Å²) in [6, 6.07) is 14.2. The van der Waals surface area contributed by atoms with Gasteiger partial charge in [0.05, 0.1) is 32.2 Å². The lowest BCUT2D eigenvalue weighted by Crippen LogP contribution is -2.32. The van der Waals surface area contributed by atoms with Gasteiger partial charge in [-0.2, -0.15) is 0 Å². The van der Waals surface area contributed by atoms with Gasteiger partial charge in [-0.05, 0) is 43.2 Å². The number of methoxy groups -OCH3 is 2. The van der Waals surface area contributed by atoms with Crippen molar-refractivity contribution < 1.29 is 22.7 Å². The normalized spacial score (nSPS) is 12.1. The van der Waals surface area contributed by atoms with Gasteiger partial charge >= 0.3 is 0 Å². The van der Waals surface area contributed by atoms with Crippen LogP contribution in [-0.4, -0.2) is 41.3 Å². The van der Waals surface area contributed by atoms with E-state index in [1.807, 2.05) is 31.2 Å². The maximum Gasteiger partial charge on any atom is 0.232 e. The van der Waals surface area contributed by atoms with E-state index in [4.69, 9.17) is 9.47 Å². The average Bonchev–Trinajstić information content (AvgIpc) is 2.70. The van der Waals surface area contributed by atoms with Crippen LogP contribution in [0.4, 0.5) is 5.69 Å². The molecular formula is C21H28N2O5S. The van der Waals surface area contributed by atoms with Gasteiger partial charge in [0.25, 0.3) is 0 Å². The van der Waals surface area contributed by atoms with Crippen molar-refractivity contribution >= 4 is 21.6 Å². The molecule has 0 bridgehead atoms. The monoisotopic (exact) mass is 420 g/mol.